The summed E-state index contributed by atoms with van der Waals surface area (Å²) in [6.45, 7) is 10.6. The highest BCUT2D eigenvalue weighted by atomic mass is 32.2. The second-order valence-corrected chi connectivity index (χ2v) is 7.87. The molecular formula is C25H26O6S. The average molecular weight is 455 g/mol. The molecule has 0 aliphatic heterocycles. The zero-order valence-electron chi connectivity index (χ0n) is 18.4. The Morgan fingerprint density at radius 1 is 0.844 bits per heavy atom. The first-order valence-corrected chi connectivity index (χ1v) is 11.1. The van der Waals surface area contributed by atoms with Crippen LogP contribution in [0.4, 0.5) is 0 Å². The van der Waals surface area contributed by atoms with E-state index in [9.17, 15) is 14.4 Å². The summed E-state index contributed by atoms with van der Waals surface area (Å²) in [5.74, 6) is -0.901. The number of carbonyl (C=O) groups excluding carboxylic acids is 3. The van der Waals surface area contributed by atoms with Crippen LogP contribution in [0.25, 0.3) is 11.1 Å². The van der Waals surface area contributed by atoms with Crippen molar-refractivity contribution in [3.8, 4) is 16.9 Å². The molecule has 0 bridgehead atoms. The second-order valence-electron chi connectivity index (χ2n) is 7.02. The summed E-state index contributed by atoms with van der Waals surface area (Å²) in [6, 6.07) is 12.5. The van der Waals surface area contributed by atoms with Gasteiger partial charge in [-0.2, -0.15) is 0 Å². The van der Waals surface area contributed by atoms with Gasteiger partial charge in [-0.3, -0.25) is 0 Å². The van der Waals surface area contributed by atoms with Crippen molar-refractivity contribution < 1.29 is 28.6 Å². The molecule has 0 atom stereocenters. The first-order chi connectivity index (χ1) is 15.2. The van der Waals surface area contributed by atoms with E-state index in [-0.39, 0.29) is 13.2 Å². The van der Waals surface area contributed by atoms with E-state index in [0.717, 1.165) is 16.0 Å². The molecule has 2 aromatic rings. The SMILES string of the molecule is C=C(C)C(=O)OCCCOC(=O)c1ccc(-c2ccc(OC(=O)C(=C)C)c(SC)c2)cc1. The topological polar surface area (TPSA) is 78.9 Å². The first-order valence-electron chi connectivity index (χ1n) is 9.89. The Balaban J connectivity index is 1.97. The van der Waals surface area contributed by atoms with E-state index >= 15 is 0 Å². The van der Waals surface area contributed by atoms with Gasteiger partial charge in [0.25, 0.3) is 0 Å². The van der Waals surface area contributed by atoms with Crippen molar-refractivity contribution in [2.24, 2.45) is 0 Å². The Morgan fingerprint density at radius 2 is 1.44 bits per heavy atom. The molecule has 0 radical (unpaired) electrons. The molecule has 32 heavy (non-hydrogen) atoms. The molecule has 0 saturated heterocycles. The number of benzene rings is 2. The summed E-state index contributed by atoms with van der Waals surface area (Å²) >= 11 is 1.47. The van der Waals surface area contributed by atoms with Gasteiger partial charge in [0.15, 0.2) is 0 Å². The van der Waals surface area contributed by atoms with E-state index in [1.54, 1.807) is 32.0 Å². The fourth-order valence-corrected chi connectivity index (χ4v) is 3.07. The minimum Gasteiger partial charge on any atom is -0.462 e. The summed E-state index contributed by atoms with van der Waals surface area (Å²) in [4.78, 5) is 36.1. The summed E-state index contributed by atoms with van der Waals surface area (Å²) in [7, 11) is 0. The van der Waals surface area contributed by atoms with Gasteiger partial charge in [-0.1, -0.05) is 31.4 Å². The van der Waals surface area contributed by atoms with Crippen LogP contribution in [-0.2, 0) is 19.1 Å². The van der Waals surface area contributed by atoms with Gasteiger partial charge in [0.1, 0.15) is 5.75 Å². The third-order valence-corrected chi connectivity index (χ3v) is 5.03. The zero-order valence-corrected chi connectivity index (χ0v) is 19.3. The minimum absolute atomic E-state index is 0.144. The van der Waals surface area contributed by atoms with Crippen LogP contribution in [-0.4, -0.2) is 37.4 Å². The van der Waals surface area contributed by atoms with E-state index in [1.807, 2.05) is 30.5 Å². The molecule has 2 rings (SSSR count). The van der Waals surface area contributed by atoms with Crippen LogP contribution in [0.5, 0.6) is 5.75 Å². The maximum absolute atomic E-state index is 12.2. The molecule has 6 nitrogen and oxygen atoms in total. The molecule has 7 heteroatoms. The lowest BCUT2D eigenvalue weighted by Crippen LogP contribution is -2.11. The van der Waals surface area contributed by atoms with Gasteiger partial charge in [0, 0.05) is 17.6 Å². The van der Waals surface area contributed by atoms with Gasteiger partial charge in [-0.15, -0.1) is 11.8 Å². The van der Waals surface area contributed by atoms with Crippen molar-refractivity contribution in [3.63, 3.8) is 0 Å². The number of hydrogen-bond donors (Lipinski definition) is 0. The highest BCUT2D eigenvalue weighted by Crippen LogP contribution is 2.33. The van der Waals surface area contributed by atoms with E-state index in [0.29, 0.717) is 28.9 Å². The van der Waals surface area contributed by atoms with Crippen molar-refractivity contribution >= 4 is 29.7 Å². The van der Waals surface area contributed by atoms with Gasteiger partial charge in [0.2, 0.25) is 0 Å². The highest BCUT2D eigenvalue weighted by molar-refractivity contribution is 7.98. The molecule has 0 saturated carbocycles. The molecule has 0 spiro atoms. The average Bonchev–Trinajstić information content (AvgIpc) is 2.78. The van der Waals surface area contributed by atoms with Crippen LogP contribution >= 0.6 is 11.8 Å². The predicted molar refractivity (Wildman–Crippen MR) is 125 cm³/mol. The number of ether oxygens (including phenoxy) is 3. The van der Waals surface area contributed by atoms with E-state index in [1.165, 1.54) is 11.8 Å². The van der Waals surface area contributed by atoms with Crippen molar-refractivity contribution in [1.82, 2.24) is 0 Å². The van der Waals surface area contributed by atoms with E-state index < -0.39 is 17.9 Å². The van der Waals surface area contributed by atoms with Gasteiger partial charge < -0.3 is 14.2 Å². The summed E-state index contributed by atoms with van der Waals surface area (Å²) in [5, 5.41) is 0. The second kappa shape index (κ2) is 11.9. The van der Waals surface area contributed by atoms with Crippen molar-refractivity contribution in [2.45, 2.75) is 25.2 Å². The van der Waals surface area contributed by atoms with Crippen LogP contribution in [0.1, 0.15) is 30.6 Å². The number of carbonyl (C=O) groups is 3. The molecule has 0 aromatic heterocycles. The van der Waals surface area contributed by atoms with Gasteiger partial charge in [-0.05, 0) is 55.5 Å². The Hall–Kier alpha value is -3.32. The van der Waals surface area contributed by atoms with E-state index in [2.05, 4.69) is 13.2 Å². The van der Waals surface area contributed by atoms with Crippen LogP contribution in [0.2, 0.25) is 0 Å². The number of hydrogen-bond acceptors (Lipinski definition) is 7. The molecule has 0 heterocycles. The molecule has 0 aliphatic rings. The summed E-state index contributed by atoms with van der Waals surface area (Å²) in [5.41, 5.74) is 2.90. The Labute approximate surface area is 192 Å². The van der Waals surface area contributed by atoms with Crippen LogP contribution in [0.3, 0.4) is 0 Å². The van der Waals surface area contributed by atoms with Crippen molar-refractivity contribution in [3.05, 3.63) is 72.3 Å². The summed E-state index contributed by atoms with van der Waals surface area (Å²) < 4.78 is 15.5. The van der Waals surface area contributed by atoms with Crippen molar-refractivity contribution in [1.29, 1.82) is 0 Å². The first kappa shape index (κ1) is 24.9. The molecule has 0 N–H and O–H groups in total. The predicted octanol–water partition coefficient (Wildman–Crippen LogP) is 5.22. The minimum atomic E-state index is -0.468. The van der Waals surface area contributed by atoms with Crippen LogP contribution < -0.4 is 4.74 Å². The summed E-state index contributed by atoms with van der Waals surface area (Å²) in [6.07, 6.45) is 2.30. The molecule has 0 unspecified atom stereocenters. The van der Waals surface area contributed by atoms with Gasteiger partial charge in [-0.25, -0.2) is 14.4 Å². The normalized spacial score (nSPS) is 10.2. The van der Waals surface area contributed by atoms with Crippen molar-refractivity contribution in [2.75, 3.05) is 19.5 Å². The van der Waals surface area contributed by atoms with E-state index in [4.69, 9.17) is 14.2 Å². The van der Waals surface area contributed by atoms with Crippen LogP contribution in [0.15, 0.2) is 71.7 Å². The third-order valence-electron chi connectivity index (χ3n) is 4.27. The van der Waals surface area contributed by atoms with Gasteiger partial charge >= 0.3 is 17.9 Å². The quantitative estimate of drug-likeness (QED) is 0.160. The largest absolute Gasteiger partial charge is 0.462 e. The molecule has 0 aliphatic carbocycles. The zero-order chi connectivity index (χ0) is 23.7. The fraction of sp³-hybridized carbons (Fsp3) is 0.240. The Kier molecular flexibility index (Phi) is 9.28. The third kappa shape index (κ3) is 7.13. The maximum Gasteiger partial charge on any atom is 0.338 e. The monoisotopic (exact) mass is 454 g/mol. The molecule has 168 valence electrons. The molecule has 2 aromatic carbocycles. The smallest absolute Gasteiger partial charge is 0.338 e. The molecule has 0 fully saturated rings. The number of thioether (sulfide) groups is 1. The molecule has 0 amide bonds. The lowest BCUT2D eigenvalue weighted by molar-refractivity contribution is -0.139. The lowest BCUT2D eigenvalue weighted by Gasteiger charge is -2.11. The standard InChI is InChI=1S/C25H26O6S/c1-16(2)23(26)29-13-6-14-30-25(28)19-9-7-18(8-10-19)20-11-12-21(22(15-20)32-5)31-24(27)17(3)4/h7-12,15H,1,3,6,13-14H2,2,4-5H3. The number of rotatable bonds is 10. The van der Waals surface area contributed by atoms with Gasteiger partial charge in [0.05, 0.1) is 23.7 Å². The molecular weight excluding hydrogens is 428 g/mol. The maximum atomic E-state index is 12.2. The lowest BCUT2D eigenvalue weighted by atomic mass is 10.0. The number of esters is 3. The Morgan fingerprint density at radius 3 is 2.03 bits per heavy atom. The fourth-order valence-electron chi connectivity index (χ4n) is 2.51. The highest BCUT2D eigenvalue weighted by Gasteiger charge is 2.12. The van der Waals surface area contributed by atoms with Crippen LogP contribution in [0, 0.1) is 0 Å². The Bertz CT molecular complexity index is 1020.